The predicted octanol–water partition coefficient (Wildman–Crippen LogP) is 4.51. The Hall–Kier alpha value is -6.32. The molecule has 0 unspecified atom stereocenters. The maximum absolute atomic E-state index is 14.3. The lowest BCUT2D eigenvalue weighted by atomic mass is 9.98. The van der Waals surface area contributed by atoms with Gasteiger partial charge in [-0.2, -0.15) is 0 Å². The summed E-state index contributed by atoms with van der Waals surface area (Å²) in [6, 6.07) is 18.8. The van der Waals surface area contributed by atoms with Gasteiger partial charge in [0.25, 0.3) is 17.5 Å². The summed E-state index contributed by atoms with van der Waals surface area (Å²) in [5, 5.41) is 16.7. The van der Waals surface area contributed by atoms with Crippen molar-refractivity contribution in [2.75, 3.05) is 34.3 Å². The van der Waals surface area contributed by atoms with E-state index < -0.39 is 63.6 Å². The average Bonchev–Trinajstić information content (AvgIpc) is 3.74. The van der Waals surface area contributed by atoms with Gasteiger partial charge < -0.3 is 34.8 Å². The van der Waals surface area contributed by atoms with E-state index in [-0.39, 0.29) is 37.4 Å². The molecule has 0 aromatic heterocycles. The van der Waals surface area contributed by atoms with Crippen molar-refractivity contribution in [3.63, 3.8) is 0 Å². The number of esters is 1. The number of carbonyl (C=O) groups is 6. The van der Waals surface area contributed by atoms with Crippen LogP contribution in [0.5, 0.6) is 5.75 Å². The summed E-state index contributed by atoms with van der Waals surface area (Å²) < 4.78 is 10.8. The fourth-order valence-corrected chi connectivity index (χ4v) is 6.44. The van der Waals surface area contributed by atoms with Gasteiger partial charge >= 0.3 is 5.97 Å². The quantitative estimate of drug-likeness (QED) is 0.0798. The van der Waals surface area contributed by atoms with Crippen molar-refractivity contribution in [1.29, 1.82) is 0 Å². The number of ether oxygens (including phenoxy) is 2. The number of nitrogens with zero attached hydrogens (tertiary/aromatic N) is 4. The molecule has 3 aromatic carbocycles. The van der Waals surface area contributed by atoms with E-state index in [0.29, 0.717) is 37.0 Å². The zero-order chi connectivity index (χ0) is 43.5. The van der Waals surface area contributed by atoms with Gasteiger partial charge in [-0.1, -0.05) is 30.3 Å². The second-order valence-electron chi connectivity index (χ2n) is 15.4. The SMILES string of the molecule is COc1ccc(C(=O)N(C)C(C)(C)C(=O)N[C@@H](CCCCNC(=O)C(C)(C)N(C)C(=O)c2ccc([N+](=O)[O-])cc2)C(=O)N2CCC[C@H]2C(=O)OCc2ccccc2)cc1. The van der Waals surface area contributed by atoms with E-state index in [1.807, 2.05) is 30.3 Å². The molecule has 59 heavy (non-hydrogen) atoms. The summed E-state index contributed by atoms with van der Waals surface area (Å²) in [7, 11) is 4.48. The van der Waals surface area contributed by atoms with Crippen LogP contribution in [0.15, 0.2) is 78.9 Å². The summed E-state index contributed by atoms with van der Waals surface area (Å²) in [5.74, 6) is -2.39. The van der Waals surface area contributed by atoms with Gasteiger partial charge in [0.2, 0.25) is 17.7 Å². The second kappa shape index (κ2) is 19.9. The molecule has 16 heteroatoms. The van der Waals surface area contributed by atoms with E-state index in [4.69, 9.17) is 9.47 Å². The third-order valence-electron chi connectivity index (χ3n) is 10.9. The highest BCUT2D eigenvalue weighted by atomic mass is 16.6. The van der Waals surface area contributed by atoms with Crippen LogP contribution in [0.1, 0.15) is 86.1 Å². The molecular weight excluding hydrogens is 761 g/mol. The highest BCUT2D eigenvalue weighted by Gasteiger charge is 2.42. The van der Waals surface area contributed by atoms with Crippen LogP contribution in [-0.2, 0) is 30.5 Å². The van der Waals surface area contributed by atoms with Crippen molar-refractivity contribution in [1.82, 2.24) is 25.3 Å². The predicted molar refractivity (Wildman–Crippen MR) is 218 cm³/mol. The first-order valence-electron chi connectivity index (χ1n) is 19.4. The molecule has 3 aromatic rings. The number of nitro benzene ring substituents is 1. The number of likely N-dealkylation sites (tertiary alicyclic amines) is 1. The topological polar surface area (TPSA) is 198 Å². The zero-order valence-electron chi connectivity index (χ0n) is 34.7. The number of hydrogen-bond donors (Lipinski definition) is 2. The van der Waals surface area contributed by atoms with Crippen LogP contribution in [-0.4, -0.2) is 113 Å². The van der Waals surface area contributed by atoms with Gasteiger partial charge in [-0.15, -0.1) is 0 Å². The van der Waals surface area contributed by atoms with Crippen molar-refractivity contribution in [3.8, 4) is 5.75 Å². The number of nitrogens with one attached hydrogen (secondary N) is 2. The molecule has 0 radical (unpaired) electrons. The van der Waals surface area contributed by atoms with Crippen molar-refractivity contribution in [2.24, 2.45) is 0 Å². The molecule has 1 heterocycles. The maximum Gasteiger partial charge on any atom is 0.329 e. The molecule has 1 aliphatic heterocycles. The first-order valence-corrected chi connectivity index (χ1v) is 19.4. The molecular formula is C43H54N6O10. The number of non-ortho nitro benzene ring substituents is 1. The summed E-state index contributed by atoms with van der Waals surface area (Å²) in [4.78, 5) is 95.9. The summed E-state index contributed by atoms with van der Waals surface area (Å²) in [6.07, 6.45) is 1.87. The number of rotatable bonds is 18. The van der Waals surface area contributed by atoms with Gasteiger partial charge in [0.15, 0.2) is 0 Å². The molecule has 1 fully saturated rings. The number of methoxy groups -OCH3 is 1. The minimum atomic E-state index is -1.41. The Morgan fingerprint density at radius 1 is 0.831 bits per heavy atom. The zero-order valence-corrected chi connectivity index (χ0v) is 34.7. The lowest BCUT2D eigenvalue weighted by Gasteiger charge is -2.36. The molecule has 5 amide bonds. The average molecular weight is 815 g/mol. The van der Waals surface area contributed by atoms with Crippen LogP contribution < -0.4 is 15.4 Å². The molecule has 0 bridgehead atoms. The minimum absolute atomic E-state index is 0.0463. The third-order valence-corrected chi connectivity index (χ3v) is 10.9. The fraction of sp³-hybridized carbons (Fsp3) is 0.442. The molecule has 0 spiro atoms. The monoisotopic (exact) mass is 814 g/mol. The molecule has 16 nitrogen and oxygen atoms in total. The van der Waals surface area contributed by atoms with Gasteiger partial charge in [-0.25, -0.2) is 4.79 Å². The number of unbranched alkanes of at least 4 members (excludes halogenated alkanes) is 1. The molecule has 1 aliphatic rings. The Morgan fingerprint density at radius 2 is 1.39 bits per heavy atom. The molecule has 2 atom stereocenters. The molecule has 0 aliphatic carbocycles. The third kappa shape index (κ3) is 11.2. The lowest BCUT2D eigenvalue weighted by molar-refractivity contribution is -0.384. The Bertz CT molecular complexity index is 1990. The highest BCUT2D eigenvalue weighted by molar-refractivity contribution is 6.00. The van der Waals surface area contributed by atoms with Gasteiger partial charge in [-0.3, -0.25) is 34.1 Å². The molecule has 1 saturated heterocycles. The van der Waals surface area contributed by atoms with Gasteiger partial charge in [0, 0.05) is 50.4 Å². The van der Waals surface area contributed by atoms with Crippen LogP contribution in [0.2, 0.25) is 0 Å². The first kappa shape index (κ1) is 45.4. The standard InChI is InChI=1S/C43H54N6O10/c1-42(2,46(5)36(50)30-18-22-32(23-19-30)49(56)57)40(54)44-26-12-11-16-34(38(52)48-27-13-17-35(48)39(53)59-28-29-14-9-8-10-15-29)45-41(55)43(3,4)47(6)37(51)31-20-24-33(58-7)25-21-31/h8-10,14-15,18-25,34-35H,11-13,16-17,26-28H2,1-7H3,(H,44,54)(H,45,55)/t34-,35-/m0/s1. The van der Waals surface area contributed by atoms with E-state index in [1.54, 1.807) is 52.0 Å². The molecule has 316 valence electrons. The molecule has 2 N–H and O–H groups in total. The van der Waals surface area contributed by atoms with E-state index >= 15 is 0 Å². The number of likely N-dealkylation sites (N-methyl/N-ethyl adjacent to an activating group) is 2. The first-order chi connectivity index (χ1) is 27.9. The van der Waals surface area contributed by atoms with Crippen molar-refractivity contribution in [2.45, 2.75) is 89.6 Å². The minimum Gasteiger partial charge on any atom is -0.497 e. The summed E-state index contributed by atoms with van der Waals surface area (Å²) in [6.45, 7) is 6.81. The van der Waals surface area contributed by atoms with E-state index in [1.165, 1.54) is 60.2 Å². The largest absolute Gasteiger partial charge is 0.497 e. The van der Waals surface area contributed by atoms with Gasteiger partial charge in [-0.05, 0) is 102 Å². The highest BCUT2D eigenvalue weighted by Crippen LogP contribution is 2.24. The summed E-state index contributed by atoms with van der Waals surface area (Å²) >= 11 is 0. The Morgan fingerprint density at radius 3 is 1.95 bits per heavy atom. The van der Waals surface area contributed by atoms with Gasteiger partial charge in [0.05, 0.1) is 12.0 Å². The van der Waals surface area contributed by atoms with Crippen LogP contribution in [0.3, 0.4) is 0 Å². The van der Waals surface area contributed by atoms with E-state index in [2.05, 4.69) is 10.6 Å². The van der Waals surface area contributed by atoms with E-state index in [0.717, 1.165) is 5.56 Å². The Balaban J connectivity index is 1.43. The fourth-order valence-electron chi connectivity index (χ4n) is 6.44. The van der Waals surface area contributed by atoms with Crippen LogP contribution in [0.4, 0.5) is 5.69 Å². The number of carbonyl (C=O) groups excluding carboxylic acids is 6. The maximum atomic E-state index is 14.3. The van der Waals surface area contributed by atoms with Crippen LogP contribution >= 0.6 is 0 Å². The van der Waals surface area contributed by atoms with Crippen molar-refractivity contribution < 1.29 is 43.2 Å². The van der Waals surface area contributed by atoms with Crippen molar-refractivity contribution in [3.05, 3.63) is 106 Å². The van der Waals surface area contributed by atoms with Crippen molar-refractivity contribution >= 4 is 41.2 Å². The van der Waals surface area contributed by atoms with Crippen LogP contribution in [0.25, 0.3) is 0 Å². The van der Waals surface area contributed by atoms with E-state index in [9.17, 15) is 38.9 Å². The Labute approximate surface area is 344 Å². The van der Waals surface area contributed by atoms with Crippen LogP contribution in [0, 0.1) is 10.1 Å². The molecule has 4 rings (SSSR count). The smallest absolute Gasteiger partial charge is 0.329 e. The number of amides is 5. The number of hydrogen-bond acceptors (Lipinski definition) is 10. The number of nitro groups is 1. The Kier molecular flexibility index (Phi) is 15.3. The van der Waals surface area contributed by atoms with Gasteiger partial charge in [0.1, 0.15) is 35.5 Å². The normalized spacial score (nSPS) is 14.4. The summed E-state index contributed by atoms with van der Waals surface area (Å²) in [5.41, 5.74) is -1.56. The molecule has 0 saturated carbocycles. The lowest BCUT2D eigenvalue weighted by Crippen LogP contribution is -2.60. The second-order valence-corrected chi connectivity index (χ2v) is 15.4. The number of benzene rings is 3.